The maximum atomic E-state index is 4.19. The number of nitrogens with zero attached hydrogens (tertiary/aromatic N) is 2. The summed E-state index contributed by atoms with van der Waals surface area (Å²) >= 11 is 6.50. The number of rotatable bonds is 1. The molecule has 0 unspecified atom stereocenters. The second-order valence-corrected chi connectivity index (χ2v) is 2.43. The molecule has 0 fully saturated rings. The first-order valence-corrected chi connectivity index (χ1v) is 6.23. The standard InChI is InChI=1S/C10H8N2.BrH.Cu/c1-3-7-11-9(5-1)10-6-2-4-8-12-10;;/h1-8H;1H;/q;;+1/p-1. The fourth-order valence-corrected chi connectivity index (χ4v) is 1.03. The summed E-state index contributed by atoms with van der Waals surface area (Å²) in [5.74, 6) is 0. The Balaban J connectivity index is 0.000000461. The third kappa shape index (κ3) is 3.22. The Bertz CT molecular complexity index is 316. The Morgan fingerprint density at radius 2 is 1.21 bits per heavy atom. The first-order valence-electron chi connectivity index (χ1n) is 3.90. The molecule has 4 heteroatoms. The number of hydrogen-bond donors (Lipinski definition) is 0. The monoisotopic (exact) mass is 298 g/mol. The van der Waals surface area contributed by atoms with Crippen LogP contribution < -0.4 is 0 Å². The Kier molecular flexibility index (Phi) is 5.45. The molecule has 0 aliphatic heterocycles. The van der Waals surface area contributed by atoms with Gasteiger partial charge in [-0.05, 0) is 24.3 Å². The van der Waals surface area contributed by atoms with E-state index in [2.05, 4.69) is 38.3 Å². The zero-order valence-corrected chi connectivity index (χ0v) is 9.72. The van der Waals surface area contributed by atoms with Crippen molar-refractivity contribution in [3.63, 3.8) is 0 Å². The van der Waals surface area contributed by atoms with Crippen LogP contribution in [0, 0.1) is 0 Å². The molecule has 0 aromatic carbocycles. The number of halogens is 1. The minimum Gasteiger partial charge on any atom is -0.255 e. The first kappa shape index (κ1) is 11.4. The Hall–Kier alpha value is -0.701. The number of pyridine rings is 2. The van der Waals surface area contributed by atoms with E-state index in [-0.39, 0.29) is 0 Å². The summed E-state index contributed by atoms with van der Waals surface area (Å²) in [6.07, 6.45) is 3.54. The molecule has 0 aliphatic carbocycles. The molecule has 0 atom stereocenters. The second kappa shape index (κ2) is 6.71. The van der Waals surface area contributed by atoms with Gasteiger partial charge in [0, 0.05) is 12.4 Å². The van der Waals surface area contributed by atoms with Crippen LogP contribution in [0.15, 0.2) is 48.8 Å². The molecule has 0 amide bonds. The van der Waals surface area contributed by atoms with Crippen molar-refractivity contribution in [2.75, 3.05) is 0 Å². The third-order valence-corrected chi connectivity index (χ3v) is 1.59. The average molecular weight is 300 g/mol. The van der Waals surface area contributed by atoms with Gasteiger partial charge in [-0.2, -0.15) is 0 Å². The van der Waals surface area contributed by atoms with Crippen LogP contribution in [0.2, 0.25) is 0 Å². The average Bonchev–Trinajstić information content (AvgIpc) is 2.34. The van der Waals surface area contributed by atoms with E-state index in [0.29, 0.717) is 0 Å². The first-order chi connectivity index (χ1) is 6.97. The van der Waals surface area contributed by atoms with Gasteiger partial charge >= 0.3 is 28.3 Å². The normalized spacial score (nSPS) is 8.79. The second-order valence-electron chi connectivity index (χ2n) is 2.43. The van der Waals surface area contributed by atoms with E-state index < -0.39 is 0 Å². The molecule has 2 aromatic rings. The summed E-state index contributed by atoms with van der Waals surface area (Å²) < 4.78 is 0. The van der Waals surface area contributed by atoms with Gasteiger partial charge < -0.3 is 0 Å². The molecule has 2 nitrogen and oxygen atoms in total. The molecular formula is C10H8BrCuN2. The minimum atomic E-state index is 0.915. The third-order valence-electron chi connectivity index (χ3n) is 1.59. The number of hydrogen-bond acceptors (Lipinski definition) is 2. The van der Waals surface area contributed by atoms with Crippen LogP contribution in [0.4, 0.5) is 0 Å². The van der Waals surface area contributed by atoms with E-state index in [4.69, 9.17) is 0 Å². The van der Waals surface area contributed by atoms with E-state index in [9.17, 15) is 0 Å². The largest absolute Gasteiger partial charge is 0.255 e. The fourth-order valence-electron chi connectivity index (χ4n) is 1.03. The van der Waals surface area contributed by atoms with Crippen molar-refractivity contribution in [3.05, 3.63) is 48.8 Å². The molecule has 0 saturated carbocycles. The molecule has 76 valence electrons. The predicted octanol–water partition coefficient (Wildman–Crippen LogP) is 2.99. The van der Waals surface area contributed by atoms with Gasteiger partial charge in [-0.25, -0.2) is 0 Å². The maximum Gasteiger partial charge on any atom is 0.0886 e. The minimum absolute atomic E-state index is 0.915. The SMILES string of the molecule is [Cu][Br].c1ccc(-c2ccccn2)nc1. The quantitative estimate of drug-likeness (QED) is 0.757. The van der Waals surface area contributed by atoms with Gasteiger partial charge in [0.2, 0.25) is 0 Å². The van der Waals surface area contributed by atoms with E-state index in [1.807, 2.05) is 36.4 Å². The van der Waals surface area contributed by atoms with Crippen LogP contribution >= 0.6 is 14.1 Å². The molecule has 0 saturated heterocycles. The van der Waals surface area contributed by atoms with E-state index in [0.717, 1.165) is 11.4 Å². The molecule has 2 aromatic heterocycles. The van der Waals surface area contributed by atoms with Crippen LogP contribution in [-0.2, 0) is 14.2 Å². The van der Waals surface area contributed by atoms with Gasteiger partial charge in [0.05, 0.1) is 11.4 Å². The van der Waals surface area contributed by atoms with Crippen molar-refractivity contribution >= 4 is 14.1 Å². The zero-order valence-electron chi connectivity index (χ0n) is 7.19. The van der Waals surface area contributed by atoms with Crippen molar-refractivity contribution < 1.29 is 14.2 Å². The molecule has 0 bridgehead atoms. The van der Waals surface area contributed by atoms with Gasteiger partial charge in [0.15, 0.2) is 0 Å². The van der Waals surface area contributed by atoms with Crippen molar-refractivity contribution in [1.82, 2.24) is 9.97 Å². The van der Waals surface area contributed by atoms with Crippen LogP contribution in [0.25, 0.3) is 11.4 Å². The van der Waals surface area contributed by atoms with E-state index >= 15 is 0 Å². The molecule has 2 rings (SSSR count). The molecular weight excluding hydrogens is 292 g/mol. The summed E-state index contributed by atoms with van der Waals surface area (Å²) in [4.78, 5) is 8.37. The number of aromatic nitrogens is 2. The Labute approximate surface area is 98.3 Å². The smallest absolute Gasteiger partial charge is 0.0886 e. The summed E-state index contributed by atoms with van der Waals surface area (Å²) in [6, 6.07) is 11.6. The summed E-state index contributed by atoms with van der Waals surface area (Å²) in [7, 11) is 0. The Morgan fingerprint density at radius 3 is 1.50 bits per heavy atom. The fraction of sp³-hybridized carbons (Fsp3) is 0. The van der Waals surface area contributed by atoms with Crippen LogP contribution in [0.5, 0.6) is 0 Å². The predicted molar refractivity (Wildman–Crippen MR) is 56.4 cm³/mol. The molecule has 0 spiro atoms. The van der Waals surface area contributed by atoms with Gasteiger partial charge in [-0.1, -0.05) is 12.1 Å². The topological polar surface area (TPSA) is 25.8 Å². The summed E-state index contributed by atoms with van der Waals surface area (Å²) in [5, 5.41) is 0. The van der Waals surface area contributed by atoms with Gasteiger partial charge in [-0.3, -0.25) is 9.97 Å². The van der Waals surface area contributed by atoms with Crippen molar-refractivity contribution in [1.29, 1.82) is 0 Å². The molecule has 0 radical (unpaired) electrons. The summed E-state index contributed by atoms with van der Waals surface area (Å²) in [5.41, 5.74) is 1.83. The van der Waals surface area contributed by atoms with E-state index in [1.165, 1.54) is 0 Å². The molecule has 0 N–H and O–H groups in total. The van der Waals surface area contributed by atoms with Crippen LogP contribution in [0.1, 0.15) is 0 Å². The molecule has 14 heavy (non-hydrogen) atoms. The van der Waals surface area contributed by atoms with Crippen molar-refractivity contribution in [3.8, 4) is 11.4 Å². The summed E-state index contributed by atoms with van der Waals surface area (Å²) in [6.45, 7) is 0. The van der Waals surface area contributed by atoms with Crippen LogP contribution in [0.3, 0.4) is 0 Å². The van der Waals surface area contributed by atoms with Crippen LogP contribution in [-0.4, -0.2) is 9.97 Å². The van der Waals surface area contributed by atoms with Gasteiger partial charge in [0.25, 0.3) is 0 Å². The molecule has 0 aliphatic rings. The van der Waals surface area contributed by atoms with Gasteiger partial charge in [0.1, 0.15) is 0 Å². The van der Waals surface area contributed by atoms with Crippen molar-refractivity contribution in [2.24, 2.45) is 0 Å². The van der Waals surface area contributed by atoms with Gasteiger partial charge in [-0.15, -0.1) is 0 Å². The zero-order chi connectivity index (χ0) is 10.2. The van der Waals surface area contributed by atoms with Crippen molar-refractivity contribution in [2.45, 2.75) is 0 Å². The molecule has 2 heterocycles. The Morgan fingerprint density at radius 1 is 0.786 bits per heavy atom. The van der Waals surface area contributed by atoms with E-state index in [1.54, 1.807) is 12.4 Å². The maximum absolute atomic E-state index is 4.19.